The summed E-state index contributed by atoms with van der Waals surface area (Å²) in [5.74, 6) is 1.15. The van der Waals surface area contributed by atoms with Crippen LogP contribution >= 0.6 is 15.9 Å². The van der Waals surface area contributed by atoms with E-state index in [-0.39, 0.29) is 0 Å². The quantitative estimate of drug-likeness (QED) is 0.669. The summed E-state index contributed by atoms with van der Waals surface area (Å²) in [5.41, 5.74) is 2.39. The molecule has 0 fully saturated rings. The van der Waals surface area contributed by atoms with Crippen molar-refractivity contribution in [1.82, 2.24) is 9.97 Å². The van der Waals surface area contributed by atoms with Crippen molar-refractivity contribution in [2.75, 3.05) is 10.6 Å². The number of nitrogens with one attached hydrogen (secondary N) is 2. The molecule has 0 atom stereocenters. The normalized spacial score (nSPS) is 9.74. The third-order valence-corrected chi connectivity index (χ3v) is 3.12. The average Bonchev–Trinajstić information content (AvgIpc) is 2.41. The molecule has 5 nitrogen and oxygen atoms in total. The van der Waals surface area contributed by atoms with Crippen LogP contribution in [0.3, 0.4) is 0 Å². The van der Waals surface area contributed by atoms with Gasteiger partial charge in [0.1, 0.15) is 18.0 Å². The molecule has 2 aromatic rings. The Bertz CT molecular complexity index is 621. The molecule has 6 heteroatoms. The lowest BCUT2D eigenvalue weighted by Gasteiger charge is -2.09. The maximum Gasteiger partial charge on any atom is 0.182 e. The van der Waals surface area contributed by atoms with Crippen molar-refractivity contribution in [3.8, 4) is 6.19 Å². The van der Waals surface area contributed by atoms with Crippen LogP contribution in [0.15, 0.2) is 35.1 Å². The van der Waals surface area contributed by atoms with Crippen molar-refractivity contribution in [2.45, 2.75) is 13.5 Å². The fourth-order valence-corrected chi connectivity index (χ4v) is 2.00. The predicted molar refractivity (Wildman–Crippen MR) is 77.5 cm³/mol. The van der Waals surface area contributed by atoms with Gasteiger partial charge in [-0.15, -0.1) is 0 Å². The second kappa shape index (κ2) is 6.16. The van der Waals surface area contributed by atoms with Gasteiger partial charge in [-0.1, -0.05) is 22.0 Å². The van der Waals surface area contributed by atoms with Gasteiger partial charge in [-0.05, 0) is 30.2 Å². The molecule has 96 valence electrons. The number of nitriles is 1. The largest absolute Gasteiger partial charge is 0.366 e. The smallest absolute Gasteiger partial charge is 0.182 e. The standard InChI is InChI=1S/C13H12BrN5/c1-9-2-3-11(14)4-10(9)6-16-12-5-13(17-7-15)19-8-18-12/h2-5,8H,6H2,1H3,(H2,16,17,18,19). The summed E-state index contributed by atoms with van der Waals surface area (Å²) in [7, 11) is 0. The molecule has 0 aliphatic heterocycles. The van der Waals surface area contributed by atoms with E-state index in [4.69, 9.17) is 5.26 Å². The maximum absolute atomic E-state index is 8.54. The molecular weight excluding hydrogens is 306 g/mol. The van der Waals surface area contributed by atoms with Crippen LogP contribution in [0.1, 0.15) is 11.1 Å². The number of aryl methyl sites for hydroxylation is 1. The zero-order valence-corrected chi connectivity index (χ0v) is 11.9. The first-order valence-corrected chi connectivity index (χ1v) is 6.44. The van der Waals surface area contributed by atoms with Crippen molar-refractivity contribution < 1.29 is 0 Å². The summed E-state index contributed by atoms with van der Waals surface area (Å²) in [6.45, 7) is 2.72. The molecule has 19 heavy (non-hydrogen) atoms. The highest BCUT2D eigenvalue weighted by Crippen LogP contribution is 2.17. The predicted octanol–water partition coefficient (Wildman–Crippen LogP) is 3.05. The molecule has 0 aliphatic rings. The molecule has 0 saturated carbocycles. The molecule has 0 unspecified atom stereocenters. The van der Waals surface area contributed by atoms with Crippen molar-refractivity contribution in [1.29, 1.82) is 5.26 Å². The van der Waals surface area contributed by atoms with Gasteiger partial charge in [-0.25, -0.2) is 9.97 Å². The third kappa shape index (κ3) is 3.66. The van der Waals surface area contributed by atoms with E-state index in [9.17, 15) is 0 Å². The van der Waals surface area contributed by atoms with Gasteiger partial charge in [-0.3, -0.25) is 5.32 Å². The van der Waals surface area contributed by atoms with Crippen molar-refractivity contribution in [2.24, 2.45) is 0 Å². The molecule has 1 aromatic carbocycles. The van der Waals surface area contributed by atoms with E-state index in [2.05, 4.69) is 55.6 Å². The van der Waals surface area contributed by atoms with Gasteiger partial charge in [0.25, 0.3) is 0 Å². The number of anilines is 2. The first-order valence-electron chi connectivity index (χ1n) is 5.65. The number of rotatable bonds is 4. The molecule has 0 amide bonds. The fourth-order valence-electron chi connectivity index (χ4n) is 1.60. The Morgan fingerprint density at radius 1 is 1.26 bits per heavy atom. The van der Waals surface area contributed by atoms with Gasteiger partial charge in [0.2, 0.25) is 0 Å². The van der Waals surface area contributed by atoms with Crippen LogP contribution in [0.4, 0.5) is 11.6 Å². The minimum absolute atomic E-state index is 0.478. The van der Waals surface area contributed by atoms with E-state index >= 15 is 0 Å². The summed E-state index contributed by atoms with van der Waals surface area (Å²) in [5, 5.41) is 14.2. The van der Waals surface area contributed by atoms with Crippen LogP contribution in [0, 0.1) is 18.4 Å². The van der Waals surface area contributed by atoms with Crippen LogP contribution in [0.2, 0.25) is 0 Å². The highest BCUT2D eigenvalue weighted by atomic mass is 79.9. The Morgan fingerprint density at radius 2 is 2.05 bits per heavy atom. The van der Waals surface area contributed by atoms with E-state index in [1.807, 2.05) is 12.3 Å². The van der Waals surface area contributed by atoms with Crippen LogP contribution in [-0.2, 0) is 6.54 Å². The van der Waals surface area contributed by atoms with Crippen LogP contribution in [0.5, 0.6) is 0 Å². The number of hydrogen-bond acceptors (Lipinski definition) is 5. The SMILES string of the molecule is Cc1ccc(Br)cc1CNc1cc(NC#N)ncn1. The van der Waals surface area contributed by atoms with Gasteiger partial charge < -0.3 is 5.32 Å². The number of aromatic nitrogens is 2. The summed E-state index contributed by atoms with van der Waals surface area (Å²) in [6, 6.07) is 7.83. The number of hydrogen-bond donors (Lipinski definition) is 2. The summed E-state index contributed by atoms with van der Waals surface area (Å²) < 4.78 is 1.05. The second-order valence-electron chi connectivity index (χ2n) is 3.95. The number of nitrogens with zero attached hydrogens (tertiary/aromatic N) is 3. The number of halogens is 1. The zero-order chi connectivity index (χ0) is 13.7. The third-order valence-electron chi connectivity index (χ3n) is 2.62. The monoisotopic (exact) mass is 317 g/mol. The van der Waals surface area contributed by atoms with Crippen molar-refractivity contribution in [3.63, 3.8) is 0 Å². The van der Waals surface area contributed by atoms with Gasteiger partial charge in [0.05, 0.1) is 0 Å². The minimum Gasteiger partial charge on any atom is -0.366 e. The summed E-state index contributed by atoms with van der Waals surface area (Å²) in [6.07, 6.45) is 3.24. The highest BCUT2D eigenvalue weighted by molar-refractivity contribution is 9.10. The topological polar surface area (TPSA) is 73.6 Å². The minimum atomic E-state index is 0.478. The van der Waals surface area contributed by atoms with Gasteiger partial charge in [0, 0.05) is 17.1 Å². The molecule has 0 bridgehead atoms. The van der Waals surface area contributed by atoms with E-state index in [0.29, 0.717) is 18.2 Å². The summed E-state index contributed by atoms with van der Waals surface area (Å²) in [4.78, 5) is 8.03. The lowest BCUT2D eigenvalue weighted by atomic mass is 10.1. The molecule has 0 aliphatic carbocycles. The Kier molecular flexibility index (Phi) is 4.31. The zero-order valence-electron chi connectivity index (χ0n) is 10.3. The Hall–Kier alpha value is -2.13. The summed E-state index contributed by atoms with van der Waals surface area (Å²) >= 11 is 3.46. The van der Waals surface area contributed by atoms with E-state index < -0.39 is 0 Å². The van der Waals surface area contributed by atoms with Gasteiger partial charge >= 0.3 is 0 Å². The first-order chi connectivity index (χ1) is 9.19. The Balaban J connectivity index is 2.08. The van der Waals surface area contributed by atoms with Crippen molar-refractivity contribution >= 4 is 27.6 Å². The first kappa shape index (κ1) is 13.3. The molecule has 1 heterocycles. The van der Waals surface area contributed by atoms with Crippen LogP contribution in [0.25, 0.3) is 0 Å². The fraction of sp³-hybridized carbons (Fsp3) is 0.154. The maximum atomic E-state index is 8.54. The molecule has 2 rings (SSSR count). The highest BCUT2D eigenvalue weighted by Gasteiger charge is 2.01. The average molecular weight is 318 g/mol. The van der Waals surface area contributed by atoms with Gasteiger partial charge in [0.15, 0.2) is 6.19 Å². The lowest BCUT2D eigenvalue weighted by Crippen LogP contribution is -2.04. The molecule has 0 saturated heterocycles. The lowest BCUT2D eigenvalue weighted by molar-refractivity contribution is 1.07. The molecule has 0 spiro atoms. The Morgan fingerprint density at radius 3 is 2.84 bits per heavy atom. The second-order valence-corrected chi connectivity index (χ2v) is 4.87. The molecular formula is C13H12BrN5. The van der Waals surface area contributed by atoms with E-state index in [1.165, 1.54) is 17.5 Å². The van der Waals surface area contributed by atoms with Crippen molar-refractivity contribution in [3.05, 3.63) is 46.2 Å². The van der Waals surface area contributed by atoms with Gasteiger partial charge in [-0.2, -0.15) is 5.26 Å². The molecule has 2 N–H and O–H groups in total. The Labute approximate surface area is 119 Å². The van der Waals surface area contributed by atoms with E-state index in [0.717, 1.165) is 4.47 Å². The molecule has 0 radical (unpaired) electrons. The van der Waals surface area contributed by atoms with Crippen LogP contribution < -0.4 is 10.6 Å². The number of benzene rings is 1. The molecule has 1 aromatic heterocycles. The van der Waals surface area contributed by atoms with E-state index in [1.54, 1.807) is 6.07 Å². The van der Waals surface area contributed by atoms with Crippen LogP contribution in [-0.4, -0.2) is 9.97 Å².